The van der Waals surface area contributed by atoms with Gasteiger partial charge in [0.15, 0.2) is 5.69 Å². The number of carbonyl (C=O) groups is 2. The number of amides is 2. The molecule has 9 heteroatoms. The van der Waals surface area contributed by atoms with Crippen molar-refractivity contribution in [2.45, 2.75) is 25.2 Å². The van der Waals surface area contributed by atoms with Crippen LogP contribution in [0.1, 0.15) is 41.4 Å². The van der Waals surface area contributed by atoms with Crippen molar-refractivity contribution in [1.29, 1.82) is 0 Å². The van der Waals surface area contributed by atoms with Gasteiger partial charge in [0, 0.05) is 23.5 Å². The molecule has 1 aliphatic carbocycles. The van der Waals surface area contributed by atoms with Crippen LogP contribution in [0.25, 0.3) is 5.69 Å². The normalized spacial score (nSPS) is 16.5. The molecule has 27 heavy (non-hydrogen) atoms. The summed E-state index contributed by atoms with van der Waals surface area (Å²) in [7, 11) is 0. The number of benzene rings is 1. The van der Waals surface area contributed by atoms with Crippen LogP contribution in [0.5, 0.6) is 0 Å². The van der Waals surface area contributed by atoms with E-state index in [0.717, 1.165) is 28.7 Å². The number of ether oxygens (including phenoxy) is 1. The summed E-state index contributed by atoms with van der Waals surface area (Å²) in [6, 6.07) is 7.77. The first-order valence-corrected chi connectivity index (χ1v) is 9.84. The maximum atomic E-state index is 12.6. The third-order valence-corrected chi connectivity index (χ3v) is 5.22. The van der Waals surface area contributed by atoms with Crippen molar-refractivity contribution in [3.8, 4) is 5.69 Å². The lowest BCUT2D eigenvalue weighted by Crippen LogP contribution is -2.31. The molecule has 1 saturated heterocycles. The van der Waals surface area contributed by atoms with E-state index in [1.165, 1.54) is 0 Å². The molecule has 2 aromatic rings. The molecular weight excluding hydrogens is 414 g/mol. The van der Waals surface area contributed by atoms with E-state index in [-0.39, 0.29) is 12.0 Å². The van der Waals surface area contributed by atoms with Gasteiger partial charge in [0.2, 0.25) is 0 Å². The molecule has 1 saturated carbocycles. The molecule has 8 nitrogen and oxygen atoms in total. The molecule has 4 rings (SSSR count). The average Bonchev–Trinajstić information content (AvgIpc) is 3.28. The Labute approximate surface area is 165 Å². The van der Waals surface area contributed by atoms with Gasteiger partial charge in [-0.2, -0.15) is 0 Å². The lowest BCUT2D eigenvalue weighted by atomic mass is 10.2. The van der Waals surface area contributed by atoms with E-state index < -0.39 is 0 Å². The maximum absolute atomic E-state index is 12.6. The van der Waals surface area contributed by atoms with Gasteiger partial charge in [-0.3, -0.25) is 4.79 Å². The lowest BCUT2D eigenvalue weighted by Gasteiger charge is -2.12. The predicted molar refractivity (Wildman–Crippen MR) is 101 cm³/mol. The first kappa shape index (κ1) is 18.0. The van der Waals surface area contributed by atoms with Gasteiger partial charge >= 0.3 is 6.09 Å². The molecule has 2 fully saturated rings. The van der Waals surface area contributed by atoms with Crippen molar-refractivity contribution >= 4 is 27.9 Å². The zero-order valence-electron chi connectivity index (χ0n) is 14.7. The topological polar surface area (TPSA) is 89.3 Å². The van der Waals surface area contributed by atoms with Gasteiger partial charge < -0.3 is 15.0 Å². The number of carbonyl (C=O) groups excluding carboxylic acids is 2. The van der Waals surface area contributed by atoms with E-state index in [9.17, 15) is 9.59 Å². The molecule has 1 aromatic heterocycles. The Balaban J connectivity index is 1.41. The van der Waals surface area contributed by atoms with Gasteiger partial charge in [-0.15, -0.1) is 5.10 Å². The number of hydrogen-bond donors (Lipinski definition) is 1. The molecule has 0 unspecified atom stereocenters. The van der Waals surface area contributed by atoms with Gasteiger partial charge in [0.25, 0.3) is 5.91 Å². The fraction of sp³-hybridized carbons (Fsp3) is 0.444. The van der Waals surface area contributed by atoms with Gasteiger partial charge in [-0.1, -0.05) is 21.1 Å². The Hall–Kier alpha value is -2.42. The van der Waals surface area contributed by atoms with Crippen LogP contribution < -0.4 is 5.32 Å². The second-order valence-electron chi connectivity index (χ2n) is 6.70. The highest BCUT2D eigenvalue weighted by Crippen LogP contribution is 2.42. The molecule has 0 atom stereocenters. The summed E-state index contributed by atoms with van der Waals surface area (Å²) in [5, 5.41) is 11.3. The fourth-order valence-corrected chi connectivity index (χ4v) is 3.40. The molecule has 1 aliphatic heterocycles. The summed E-state index contributed by atoms with van der Waals surface area (Å²) < 4.78 is 7.64. The number of nitrogens with zero attached hydrogens (tertiary/aromatic N) is 4. The fourth-order valence-electron chi connectivity index (χ4n) is 3.13. The van der Waals surface area contributed by atoms with Crippen molar-refractivity contribution in [2.24, 2.45) is 0 Å². The molecular formula is C18H20BrN5O3. The van der Waals surface area contributed by atoms with E-state index >= 15 is 0 Å². The van der Waals surface area contributed by atoms with Crippen LogP contribution in [0.4, 0.5) is 4.79 Å². The van der Waals surface area contributed by atoms with Crippen molar-refractivity contribution in [3.05, 3.63) is 40.1 Å². The van der Waals surface area contributed by atoms with Crippen molar-refractivity contribution < 1.29 is 14.3 Å². The summed E-state index contributed by atoms with van der Waals surface area (Å²) in [5.74, 6) is 0.105. The minimum absolute atomic E-state index is 0.218. The van der Waals surface area contributed by atoms with E-state index in [1.807, 2.05) is 24.3 Å². The highest BCUT2D eigenvalue weighted by atomic mass is 79.9. The Bertz CT molecular complexity index is 847. The van der Waals surface area contributed by atoms with Crippen LogP contribution in [0, 0.1) is 0 Å². The molecule has 0 spiro atoms. The largest absolute Gasteiger partial charge is 0.448 e. The molecule has 2 amide bonds. The molecule has 1 aromatic carbocycles. The molecule has 2 heterocycles. The number of aromatic nitrogens is 3. The monoisotopic (exact) mass is 433 g/mol. The number of nitrogens with one attached hydrogen (secondary N) is 1. The van der Waals surface area contributed by atoms with Crippen LogP contribution in [0.15, 0.2) is 28.7 Å². The number of halogens is 1. The standard InChI is InChI=1S/C18H20BrN5O3/c19-13-4-6-14(7-5-13)24-16(12-2-3-12)15(21-22-24)17(25)20-8-1-9-23-10-11-27-18(23)26/h4-7,12H,1-3,8-11H2,(H,20,25). The van der Waals surface area contributed by atoms with Crippen LogP contribution in [-0.4, -0.2) is 58.1 Å². The highest BCUT2D eigenvalue weighted by Gasteiger charge is 2.34. The Kier molecular flexibility index (Phi) is 5.11. The minimum atomic E-state index is -0.283. The first-order chi connectivity index (χ1) is 13.1. The van der Waals surface area contributed by atoms with Gasteiger partial charge in [0.05, 0.1) is 17.9 Å². The Morgan fingerprint density at radius 1 is 1.30 bits per heavy atom. The van der Waals surface area contributed by atoms with Gasteiger partial charge in [-0.05, 0) is 43.5 Å². The van der Waals surface area contributed by atoms with Gasteiger partial charge in [-0.25, -0.2) is 9.48 Å². The summed E-state index contributed by atoms with van der Waals surface area (Å²) in [6.45, 7) is 2.09. The van der Waals surface area contributed by atoms with Crippen LogP contribution in [0.2, 0.25) is 0 Å². The van der Waals surface area contributed by atoms with Crippen LogP contribution in [-0.2, 0) is 4.74 Å². The van der Waals surface area contributed by atoms with Crippen molar-refractivity contribution in [1.82, 2.24) is 25.2 Å². The smallest absolute Gasteiger partial charge is 0.409 e. The van der Waals surface area contributed by atoms with E-state index in [0.29, 0.717) is 44.3 Å². The zero-order valence-corrected chi connectivity index (χ0v) is 16.3. The third-order valence-electron chi connectivity index (χ3n) is 4.69. The maximum Gasteiger partial charge on any atom is 0.409 e. The van der Waals surface area contributed by atoms with Crippen molar-refractivity contribution in [2.75, 3.05) is 26.2 Å². The molecule has 0 bridgehead atoms. The molecule has 142 valence electrons. The van der Waals surface area contributed by atoms with E-state index in [2.05, 4.69) is 31.6 Å². The quantitative estimate of drug-likeness (QED) is 0.677. The van der Waals surface area contributed by atoms with E-state index in [1.54, 1.807) is 9.58 Å². The summed E-state index contributed by atoms with van der Waals surface area (Å²) >= 11 is 3.43. The van der Waals surface area contributed by atoms with Crippen LogP contribution >= 0.6 is 15.9 Å². The second-order valence-corrected chi connectivity index (χ2v) is 7.61. The summed E-state index contributed by atoms with van der Waals surface area (Å²) in [5.41, 5.74) is 2.15. The first-order valence-electron chi connectivity index (χ1n) is 9.05. The number of hydrogen-bond acceptors (Lipinski definition) is 5. The Morgan fingerprint density at radius 3 is 2.74 bits per heavy atom. The number of rotatable bonds is 7. The summed E-state index contributed by atoms with van der Waals surface area (Å²) in [4.78, 5) is 25.7. The number of cyclic esters (lactones) is 1. The molecule has 0 radical (unpaired) electrons. The molecule has 1 N–H and O–H groups in total. The zero-order chi connectivity index (χ0) is 18.8. The lowest BCUT2D eigenvalue weighted by molar-refractivity contribution is 0.0946. The average molecular weight is 434 g/mol. The third kappa shape index (κ3) is 3.97. The van der Waals surface area contributed by atoms with E-state index in [4.69, 9.17) is 4.74 Å². The van der Waals surface area contributed by atoms with Crippen LogP contribution in [0.3, 0.4) is 0 Å². The predicted octanol–water partition coefficient (Wildman–Crippen LogP) is 2.48. The highest BCUT2D eigenvalue weighted by molar-refractivity contribution is 9.10. The SMILES string of the molecule is O=C(NCCCN1CCOC1=O)c1nnn(-c2ccc(Br)cc2)c1C1CC1. The minimum Gasteiger partial charge on any atom is -0.448 e. The Morgan fingerprint density at radius 2 is 2.07 bits per heavy atom. The van der Waals surface area contributed by atoms with Crippen molar-refractivity contribution in [3.63, 3.8) is 0 Å². The second kappa shape index (κ2) is 7.67. The van der Waals surface area contributed by atoms with Gasteiger partial charge in [0.1, 0.15) is 6.61 Å². The molecule has 2 aliphatic rings. The summed E-state index contributed by atoms with van der Waals surface area (Å²) in [6.07, 6.45) is 2.47.